The van der Waals surface area contributed by atoms with E-state index in [0.29, 0.717) is 6.42 Å². The Bertz CT molecular complexity index is 451. The highest BCUT2D eigenvalue weighted by Gasteiger charge is 2.32. The van der Waals surface area contributed by atoms with Crippen molar-refractivity contribution in [3.8, 4) is 6.07 Å². The smallest absolute Gasteiger partial charge is 0.395 e. The molecule has 0 aliphatic heterocycles. The molecule has 0 fully saturated rings. The fourth-order valence-electron chi connectivity index (χ4n) is 1.56. The van der Waals surface area contributed by atoms with Crippen LogP contribution in [-0.4, -0.2) is 24.2 Å². The van der Waals surface area contributed by atoms with Gasteiger partial charge in [-0.15, -0.1) is 0 Å². The predicted molar refractivity (Wildman–Crippen MR) is 61.9 cm³/mol. The van der Waals surface area contributed by atoms with E-state index >= 15 is 0 Å². The van der Waals surface area contributed by atoms with Crippen LogP contribution in [0.25, 0.3) is 0 Å². The van der Waals surface area contributed by atoms with Crippen LogP contribution in [0.2, 0.25) is 0 Å². The fourth-order valence-corrected chi connectivity index (χ4v) is 1.56. The monoisotopic (exact) mass is 258 g/mol. The van der Waals surface area contributed by atoms with Crippen molar-refractivity contribution >= 4 is 11.5 Å². The zero-order valence-electron chi connectivity index (χ0n) is 9.83. The first kappa shape index (κ1) is 14.1. The molecule has 1 aromatic heterocycles. The summed E-state index contributed by atoms with van der Waals surface area (Å²) in [7, 11) is 0. The molecule has 0 amide bonds. The third-order valence-corrected chi connectivity index (χ3v) is 2.25. The van der Waals surface area contributed by atoms with Gasteiger partial charge in [-0.1, -0.05) is 6.92 Å². The summed E-state index contributed by atoms with van der Waals surface area (Å²) in [6.07, 6.45) is -2.54. The molecule has 0 saturated heterocycles. The van der Waals surface area contributed by atoms with Crippen molar-refractivity contribution in [2.45, 2.75) is 19.5 Å². The number of nitrogens with zero attached hydrogens (tertiary/aromatic N) is 3. The Kier molecular flexibility index (Phi) is 4.37. The van der Waals surface area contributed by atoms with E-state index in [9.17, 15) is 13.2 Å². The predicted octanol–water partition coefficient (Wildman–Crippen LogP) is 2.31. The maximum atomic E-state index is 12.5. The number of nitrogens with two attached hydrogens (primary N) is 1. The van der Waals surface area contributed by atoms with Gasteiger partial charge in [0.1, 0.15) is 12.6 Å². The molecule has 0 radical (unpaired) electrons. The Hall–Kier alpha value is -1.97. The lowest BCUT2D eigenvalue weighted by Crippen LogP contribution is -2.36. The molecule has 0 unspecified atom stereocenters. The van der Waals surface area contributed by atoms with E-state index in [-0.39, 0.29) is 23.6 Å². The lowest BCUT2D eigenvalue weighted by atomic mass is 10.2. The van der Waals surface area contributed by atoms with E-state index in [1.54, 1.807) is 6.92 Å². The van der Waals surface area contributed by atoms with E-state index < -0.39 is 12.7 Å². The van der Waals surface area contributed by atoms with E-state index in [1.807, 2.05) is 6.07 Å². The molecule has 0 atom stereocenters. The molecule has 0 aliphatic carbocycles. The first-order valence-corrected chi connectivity index (χ1v) is 5.35. The zero-order chi connectivity index (χ0) is 13.8. The molecule has 1 heterocycles. The molecular formula is C11H13F3N4. The highest BCUT2D eigenvalue weighted by atomic mass is 19.4. The van der Waals surface area contributed by atoms with Gasteiger partial charge in [0, 0.05) is 12.7 Å². The van der Waals surface area contributed by atoms with Crippen LogP contribution in [0.1, 0.15) is 18.9 Å². The first-order valence-electron chi connectivity index (χ1n) is 5.35. The third kappa shape index (κ3) is 3.52. The van der Waals surface area contributed by atoms with Gasteiger partial charge < -0.3 is 10.6 Å². The number of halogens is 3. The zero-order valence-corrected chi connectivity index (χ0v) is 9.83. The summed E-state index contributed by atoms with van der Waals surface area (Å²) in [6, 6.07) is 3.19. The molecule has 0 bridgehead atoms. The molecule has 1 rings (SSSR count). The molecule has 18 heavy (non-hydrogen) atoms. The number of anilines is 2. The van der Waals surface area contributed by atoms with E-state index in [4.69, 9.17) is 11.0 Å². The van der Waals surface area contributed by atoms with Crippen molar-refractivity contribution in [3.05, 3.63) is 17.8 Å². The number of hydrogen-bond donors (Lipinski definition) is 1. The maximum Gasteiger partial charge on any atom is 0.405 e. The summed E-state index contributed by atoms with van der Waals surface area (Å²) >= 11 is 0. The molecule has 0 saturated carbocycles. The summed E-state index contributed by atoms with van der Waals surface area (Å²) in [5, 5.41) is 8.79. The molecule has 7 heteroatoms. The van der Waals surface area contributed by atoms with Gasteiger partial charge >= 0.3 is 6.18 Å². The van der Waals surface area contributed by atoms with Gasteiger partial charge in [0.05, 0.1) is 11.3 Å². The lowest BCUT2D eigenvalue weighted by Gasteiger charge is -2.25. The standard InChI is InChI=1S/C11H13F3N4/c1-2-5-18(7-11(12,13)14)10-9(16)8(6-15)3-4-17-10/h3-4H,2,5,7,16H2,1H3. The number of pyridine rings is 1. The Morgan fingerprint density at radius 2 is 2.17 bits per heavy atom. The molecule has 0 spiro atoms. The maximum absolute atomic E-state index is 12.5. The van der Waals surface area contributed by atoms with Crippen molar-refractivity contribution in [1.29, 1.82) is 5.26 Å². The fraction of sp³-hybridized carbons (Fsp3) is 0.455. The van der Waals surface area contributed by atoms with Crippen LogP contribution < -0.4 is 10.6 Å². The second-order valence-corrected chi connectivity index (χ2v) is 3.74. The van der Waals surface area contributed by atoms with Gasteiger partial charge in [0.15, 0.2) is 5.82 Å². The Morgan fingerprint density at radius 3 is 2.67 bits per heavy atom. The Balaban J connectivity index is 3.10. The quantitative estimate of drug-likeness (QED) is 0.900. The number of alkyl halides is 3. The second kappa shape index (κ2) is 5.58. The molecule has 0 aromatic carbocycles. The normalized spacial score (nSPS) is 11.1. The number of nitrogen functional groups attached to an aromatic ring is 1. The van der Waals surface area contributed by atoms with E-state index in [1.165, 1.54) is 12.3 Å². The van der Waals surface area contributed by atoms with Crippen LogP contribution in [0.3, 0.4) is 0 Å². The van der Waals surface area contributed by atoms with Crippen molar-refractivity contribution in [3.63, 3.8) is 0 Å². The molecule has 2 N–H and O–H groups in total. The van der Waals surface area contributed by atoms with Gasteiger partial charge in [-0.3, -0.25) is 0 Å². The Labute approximate surface area is 103 Å². The average molecular weight is 258 g/mol. The summed E-state index contributed by atoms with van der Waals surface area (Å²) < 4.78 is 37.4. The van der Waals surface area contributed by atoms with Crippen LogP contribution in [0, 0.1) is 11.3 Å². The first-order chi connectivity index (χ1) is 8.39. The van der Waals surface area contributed by atoms with Gasteiger partial charge in [-0.2, -0.15) is 18.4 Å². The minimum atomic E-state index is -4.34. The Morgan fingerprint density at radius 1 is 1.50 bits per heavy atom. The molecule has 1 aromatic rings. The lowest BCUT2D eigenvalue weighted by molar-refractivity contribution is -0.119. The van der Waals surface area contributed by atoms with Crippen molar-refractivity contribution in [2.75, 3.05) is 23.7 Å². The van der Waals surface area contributed by atoms with Crippen molar-refractivity contribution in [2.24, 2.45) is 0 Å². The van der Waals surface area contributed by atoms with E-state index in [0.717, 1.165) is 4.90 Å². The summed E-state index contributed by atoms with van der Waals surface area (Å²) in [5.74, 6) is 0.00762. The average Bonchev–Trinajstić information content (AvgIpc) is 2.27. The van der Waals surface area contributed by atoms with Crippen LogP contribution in [0.5, 0.6) is 0 Å². The van der Waals surface area contributed by atoms with Crippen molar-refractivity contribution < 1.29 is 13.2 Å². The number of rotatable bonds is 4. The third-order valence-electron chi connectivity index (χ3n) is 2.25. The van der Waals surface area contributed by atoms with Gasteiger partial charge in [0.25, 0.3) is 0 Å². The molecular weight excluding hydrogens is 245 g/mol. The van der Waals surface area contributed by atoms with Crippen LogP contribution in [0.15, 0.2) is 12.3 Å². The molecule has 4 nitrogen and oxygen atoms in total. The highest BCUT2D eigenvalue weighted by Crippen LogP contribution is 2.27. The largest absolute Gasteiger partial charge is 0.405 e. The minimum Gasteiger partial charge on any atom is -0.395 e. The van der Waals surface area contributed by atoms with Crippen LogP contribution in [-0.2, 0) is 0 Å². The van der Waals surface area contributed by atoms with Gasteiger partial charge in [0.2, 0.25) is 0 Å². The highest BCUT2D eigenvalue weighted by molar-refractivity contribution is 5.70. The van der Waals surface area contributed by atoms with E-state index in [2.05, 4.69) is 4.98 Å². The molecule has 0 aliphatic rings. The van der Waals surface area contributed by atoms with Gasteiger partial charge in [-0.25, -0.2) is 4.98 Å². The number of aromatic nitrogens is 1. The summed E-state index contributed by atoms with van der Waals surface area (Å²) in [4.78, 5) is 4.88. The topological polar surface area (TPSA) is 65.9 Å². The van der Waals surface area contributed by atoms with Crippen LogP contribution >= 0.6 is 0 Å². The summed E-state index contributed by atoms with van der Waals surface area (Å²) in [5.41, 5.74) is 5.76. The SMILES string of the molecule is CCCN(CC(F)(F)F)c1nccc(C#N)c1N. The summed E-state index contributed by atoms with van der Waals surface area (Å²) in [6.45, 7) is 0.798. The van der Waals surface area contributed by atoms with Gasteiger partial charge in [-0.05, 0) is 12.5 Å². The molecule has 98 valence electrons. The van der Waals surface area contributed by atoms with Crippen molar-refractivity contribution in [1.82, 2.24) is 4.98 Å². The number of hydrogen-bond acceptors (Lipinski definition) is 4. The second-order valence-electron chi connectivity index (χ2n) is 3.74. The minimum absolute atomic E-state index is 0.00762. The van der Waals surface area contributed by atoms with Crippen LogP contribution in [0.4, 0.5) is 24.7 Å². The number of nitriles is 1.